The van der Waals surface area contributed by atoms with E-state index in [9.17, 15) is 9.59 Å². The van der Waals surface area contributed by atoms with Gasteiger partial charge >= 0.3 is 0 Å². The summed E-state index contributed by atoms with van der Waals surface area (Å²) in [5.74, 6) is 3.42. The molecular weight excluding hydrogens is 460 g/mol. The highest BCUT2D eigenvalue weighted by molar-refractivity contribution is 6.08. The standard InChI is InChI=1S/C29H34N2O3.ClH/c1-34-24-6-4-5-17-7-8-18-15-31(16-22(18)25(17)24)14-3-2-13-29-23-12-11-21(19-9-10-20(19)23)26(29)27(32)30-28(29)33;/h4-6,9-12,18-23,26H,2-3,7-8,13-16H2,1H3,(H,30,32,33);1H/t18?,19?,20?,21?,22?,23?,26?,29-;/m0./s1. The zero-order valence-corrected chi connectivity index (χ0v) is 21.1. The number of halogens is 1. The van der Waals surface area contributed by atoms with Gasteiger partial charge < -0.3 is 9.64 Å². The lowest BCUT2D eigenvalue weighted by molar-refractivity contribution is -0.142. The van der Waals surface area contributed by atoms with E-state index in [2.05, 4.69) is 52.7 Å². The Bertz CT molecular complexity index is 1100. The van der Waals surface area contributed by atoms with Crippen LogP contribution >= 0.6 is 12.4 Å². The zero-order valence-electron chi connectivity index (χ0n) is 20.3. The number of rotatable bonds is 6. The summed E-state index contributed by atoms with van der Waals surface area (Å²) < 4.78 is 5.73. The normalized spacial score (nSPS) is 39.7. The number of carbonyl (C=O) groups excluding carboxylic acids is 2. The van der Waals surface area contributed by atoms with Crippen LogP contribution in [0.1, 0.15) is 42.7 Å². The molecule has 5 aliphatic carbocycles. The van der Waals surface area contributed by atoms with E-state index in [1.165, 1.54) is 17.5 Å². The van der Waals surface area contributed by atoms with Crippen LogP contribution in [0.15, 0.2) is 42.5 Å². The highest BCUT2D eigenvalue weighted by Gasteiger charge is 2.68. The summed E-state index contributed by atoms with van der Waals surface area (Å²) in [6.07, 6.45) is 14.4. The van der Waals surface area contributed by atoms with Gasteiger partial charge in [-0.05, 0) is 73.4 Å². The van der Waals surface area contributed by atoms with Crippen molar-refractivity contribution in [2.24, 2.45) is 40.9 Å². The third-order valence-corrected chi connectivity index (χ3v) is 10.2. The Hall–Kier alpha value is -2.11. The monoisotopic (exact) mass is 494 g/mol. The Morgan fingerprint density at radius 1 is 1.06 bits per heavy atom. The number of methoxy groups -OCH3 is 1. The molecule has 186 valence electrons. The van der Waals surface area contributed by atoms with E-state index < -0.39 is 5.41 Å². The number of imide groups is 1. The van der Waals surface area contributed by atoms with Crippen molar-refractivity contribution in [1.29, 1.82) is 0 Å². The maximum Gasteiger partial charge on any atom is 0.234 e. The van der Waals surface area contributed by atoms with Gasteiger partial charge in [0.1, 0.15) is 5.75 Å². The van der Waals surface area contributed by atoms with Gasteiger partial charge in [-0.3, -0.25) is 14.9 Å². The van der Waals surface area contributed by atoms with Crippen LogP contribution in [0, 0.1) is 40.9 Å². The SMILES string of the molecule is COc1cccc2c1C1CN(CCCC[C@@]34C(=O)NC(=O)C3C3C=CC4C4C=CC43)CC1CC2.Cl. The molecule has 2 bridgehead atoms. The van der Waals surface area contributed by atoms with Gasteiger partial charge in [0.2, 0.25) is 11.8 Å². The smallest absolute Gasteiger partial charge is 0.234 e. The summed E-state index contributed by atoms with van der Waals surface area (Å²) in [4.78, 5) is 28.6. The first-order valence-corrected chi connectivity index (χ1v) is 13.2. The first-order chi connectivity index (χ1) is 16.6. The molecule has 2 saturated heterocycles. The molecule has 0 aromatic heterocycles. The quantitative estimate of drug-likeness (QED) is 0.367. The van der Waals surface area contributed by atoms with Gasteiger partial charge in [0.05, 0.1) is 18.4 Å². The molecule has 2 amide bonds. The summed E-state index contributed by atoms with van der Waals surface area (Å²) in [6.45, 7) is 3.34. The minimum Gasteiger partial charge on any atom is -0.496 e. The molecule has 1 aromatic carbocycles. The number of benzene rings is 1. The number of likely N-dealkylation sites (tertiary alicyclic amines) is 1. The second kappa shape index (κ2) is 8.48. The molecule has 7 aliphatic rings. The van der Waals surface area contributed by atoms with E-state index >= 15 is 0 Å². The number of hydrogen-bond acceptors (Lipinski definition) is 4. The summed E-state index contributed by atoms with van der Waals surface area (Å²) >= 11 is 0. The Morgan fingerprint density at radius 3 is 2.69 bits per heavy atom. The minimum atomic E-state index is -0.520. The van der Waals surface area contributed by atoms with Crippen LogP contribution < -0.4 is 10.1 Å². The summed E-state index contributed by atoms with van der Waals surface area (Å²) in [5.41, 5.74) is 2.39. The average molecular weight is 495 g/mol. The van der Waals surface area contributed by atoms with Crippen LogP contribution in [-0.2, 0) is 16.0 Å². The molecule has 2 heterocycles. The molecule has 0 radical (unpaired) electrons. The summed E-state index contributed by atoms with van der Waals surface area (Å²) in [5, 5.41) is 2.74. The molecule has 0 spiro atoms. The van der Waals surface area contributed by atoms with E-state index in [4.69, 9.17) is 4.74 Å². The van der Waals surface area contributed by atoms with Crippen molar-refractivity contribution in [3.63, 3.8) is 0 Å². The molecule has 35 heavy (non-hydrogen) atoms. The van der Waals surface area contributed by atoms with Gasteiger partial charge in [0, 0.05) is 24.6 Å². The minimum absolute atomic E-state index is 0. The molecule has 8 rings (SSSR count). The zero-order chi connectivity index (χ0) is 23.0. The van der Waals surface area contributed by atoms with Crippen LogP contribution in [0.3, 0.4) is 0 Å². The van der Waals surface area contributed by atoms with E-state index in [0.717, 1.165) is 51.1 Å². The summed E-state index contributed by atoms with van der Waals surface area (Å²) in [6, 6.07) is 6.51. The Labute approximate surface area is 213 Å². The predicted molar refractivity (Wildman–Crippen MR) is 136 cm³/mol. The van der Waals surface area contributed by atoms with E-state index in [1.54, 1.807) is 7.11 Å². The molecule has 7 unspecified atom stereocenters. The Balaban J connectivity index is 0.00000229. The van der Waals surface area contributed by atoms with Crippen LogP contribution in [0.25, 0.3) is 0 Å². The predicted octanol–water partition coefficient (Wildman–Crippen LogP) is 4.13. The second-order valence-corrected chi connectivity index (χ2v) is 11.5. The summed E-state index contributed by atoms with van der Waals surface area (Å²) in [7, 11) is 1.79. The van der Waals surface area contributed by atoms with E-state index in [-0.39, 0.29) is 42.0 Å². The van der Waals surface area contributed by atoms with Crippen LogP contribution in [0.4, 0.5) is 0 Å². The molecule has 1 saturated carbocycles. The van der Waals surface area contributed by atoms with Crippen molar-refractivity contribution in [2.75, 3.05) is 26.7 Å². The largest absolute Gasteiger partial charge is 0.496 e. The van der Waals surface area contributed by atoms with Gasteiger partial charge in [-0.15, -0.1) is 12.4 Å². The number of hydrogen-bond donors (Lipinski definition) is 1. The lowest BCUT2D eigenvalue weighted by atomic mass is 9.43. The molecule has 1 N–H and O–H groups in total. The molecular formula is C29H35ClN2O3. The fourth-order valence-electron chi connectivity index (χ4n) is 8.72. The molecule has 3 fully saturated rings. The molecule has 2 aliphatic heterocycles. The number of unbranched alkanes of at least 4 members (excludes halogenated alkanes) is 1. The van der Waals surface area contributed by atoms with Crippen LogP contribution in [0.5, 0.6) is 5.75 Å². The Kier molecular flexibility index (Phi) is 5.65. The number of aryl methyl sites for hydroxylation is 1. The lowest BCUT2D eigenvalue weighted by Crippen LogP contribution is -2.58. The molecule has 1 aromatic rings. The van der Waals surface area contributed by atoms with Gasteiger partial charge in [-0.25, -0.2) is 0 Å². The molecule has 5 nitrogen and oxygen atoms in total. The first kappa shape index (κ1) is 23.3. The van der Waals surface area contributed by atoms with Crippen molar-refractivity contribution >= 4 is 24.2 Å². The van der Waals surface area contributed by atoms with Crippen molar-refractivity contribution in [1.82, 2.24) is 10.2 Å². The maximum absolute atomic E-state index is 13.2. The van der Waals surface area contributed by atoms with Crippen molar-refractivity contribution in [3.05, 3.63) is 53.6 Å². The first-order valence-electron chi connectivity index (χ1n) is 13.2. The number of nitrogens with zero attached hydrogens (tertiary/aromatic N) is 1. The van der Waals surface area contributed by atoms with Gasteiger partial charge in [0.15, 0.2) is 0 Å². The van der Waals surface area contributed by atoms with Crippen molar-refractivity contribution < 1.29 is 14.3 Å². The van der Waals surface area contributed by atoms with Gasteiger partial charge in [-0.2, -0.15) is 0 Å². The third kappa shape index (κ3) is 3.16. The lowest BCUT2D eigenvalue weighted by Gasteiger charge is -2.57. The Morgan fingerprint density at radius 2 is 1.89 bits per heavy atom. The number of carbonyl (C=O) groups is 2. The number of fused-ring (bicyclic) bond motifs is 3. The number of nitrogens with one attached hydrogen (secondary N) is 1. The second-order valence-electron chi connectivity index (χ2n) is 11.5. The number of ether oxygens (including phenoxy) is 1. The molecule has 6 heteroatoms. The average Bonchev–Trinajstić information content (AvgIpc) is 3.35. The van der Waals surface area contributed by atoms with Gasteiger partial charge in [0.25, 0.3) is 0 Å². The third-order valence-electron chi connectivity index (χ3n) is 10.2. The van der Waals surface area contributed by atoms with Crippen LogP contribution in [0.2, 0.25) is 0 Å². The molecule has 8 atom stereocenters. The van der Waals surface area contributed by atoms with Crippen molar-refractivity contribution in [2.45, 2.75) is 38.0 Å². The highest BCUT2D eigenvalue weighted by atomic mass is 35.5. The highest BCUT2D eigenvalue weighted by Crippen LogP contribution is 2.64. The van der Waals surface area contributed by atoms with Crippen molar-refractivity contribution in [3.8, 4) is 5.75 Å². The fourth-order valence-corrected chi connectivity index (χ4v) is 8.72. The van der Waals surface area contributed by atoms with E-state index in [1.807, 2.05) is 0 Å². The number of amides is 2. The number of allylic oxidation sites excluding steroid dienone is 4. The topological polar surface area (TPSA) is 58.6 Å². The fraction of sp³-hybridized carbons (Fsp3) is 0.586. The van der Waals surface area contributed by atoms with Crippen LogP contribution in [-0.4, -0.2) is 43.5 Å². The van der Waals surface area contributed by atoms with E-state index in [0.29, 0.717) is 23.7 Å². The maximum atomic E-state index is 13.2. The van der Waals surface area contributed by atoms with Gasteiger partial charge in [-0.1, -0.05) is 42.9 Å².